The van der Waals surface area contributed by atoms with E-state index in [0.717, 1.165) is 12.8 Å². The minimum atomic E-state index is -3.19. The van der Waals surface area contributed by atoms with E-state index < -0.39 is 10.0 Å². The number of sulfonamides is 1. The Morgan fingerprint density at radius 3 is 2.26 bits per heavy atom. The van der Waals surface area contributed by atoms with Crippen LogP contribution in [-0.4, -0.2) is 26.8 Å². The Kier molecular flexibility index (Phi) is 6.27. The van der Waals surface area contributed by atoms with Crippen LogP contribution >= 0.6 is 0 Å². The summed E-state index contributed by atoms with van der Waals surface area (Å²) >= 11 is 0. The second kappa shape index (κ2) is 7.04. The maximum absolute atomic E-state index is 12.3. The summed E-state index contributed by atoms with van der Waals surface area (Å²) in [5, 5.41) is 0. The van der Waals surface area contributed by atoms with Gasteiger partial charge >= 0.3 is 0 Å². The van der Waals surface area contributed by atoms with E-state index in [0.29, 0.717) is 18.9 Å². The standard InChI is InChI=1S/C14H30N2O2S/c1-14(2,3)13(9-10-15)16-19(17,18)11-12-7-5-4-6-8-12/h12-13,16H,4-11,15H2,1-3H3. The van der Waals surface area contributed by atoms with Gasteiger partial charge in [-0.25, -0.2) is 13.1 Å². The molecule has 1 aliphatic carbocycles. The molecule has 0 bridgehead atoms. The summed E-state index contributed by atoms with van der Waals surface area (Å²) in [5.74, 6) is 0.620. The molecule has 1 fully saturated rings. The lowest BCUT2D eigenvalue weighted by atomic mass is 9.85. The molecule has 0 aliphatic heterocycles. The summed E-state index contributed by atoms with van der Waals surface area (Å²) in [7, 11) is -3.19. The summed E-state index contributed by atoms with van der Waals surface area (Å²) in [4.78, 5) is 0. The molecule has 19 heavy (non-hydrogen) atoms. The smallest absolute Gasteiger partial charge is 0.212 e. The summed E-state index contributed by atoms with van der Waals surface area (Å²) in [6.45, 7) is 6.66. The predicted octanol–water partition coefficient (Wildman–Crippen LogP) is 2.25. The largest absolute Gasteiger partial charge is 0.330 e. The van der Waals surface area contributed by atoms with E-state index in [4.69, 9.17) is 5.73 Å². The van der Waals surface area contributed by atoms with E-state index >= 15 is 0 Å². The average molecular weight is 290 g/mol. The normalized spacial score (nSPS) is 20.4. The fraction of sp³-hybridized carbons (Fsp3) is 1.00. The summed E-state index contributed by atoms with van der Waals surface area (Å²) in [5.41, 5.74) is 5.50. The van der Waals surface area contributed by atoms with E-state index in [1.807, 2.05) is 0 Å². The Balaban J connectivity index is 2.60. The van der Waals surface area contributed by atoms with E-state index in [9.17, 15) is 8.42 Å². The van der Waals surface area contributed by atoms with E-state index in [2.05, 4.69) is 25.5 Å². The Hall–Kier alpha value is -0.130. The maximum Gasteiger partial charge on any atom is 0.212 e. The third kappa shape index (κ3) is 6.23. The number of rotatable bonds is 6. The predicted molar refractivity (Wildman–Crippen MR) is 80.4 cm³/mol. The molecule has 0 aromatic carbocycles. The number of nitrogens with two attached hydrogens (primary N) is 1. The van der Waals surface area contributed by atoms with E-state index in [1.165, 1.54) is 19.3 Å². The Bertz CT molecular complexity index is 354. The first-order chi connectivity index (χ1) is 8.74. The van der Waals surface area contributed by atoms with Gasteiger partial charge in [0.1, 0.15) is 0 Å². The average Bonchev–Trinajstić information content (AvgIpc) is 2.27. The zero-order valence-corrected chi connectivity index (χ0v) is 13.4. The van der Waals surface area contributed by atoms with Crippen molar-refractivity contribution in [1.29, 1.82) is 0 Å². The van der Waals surface area contributed by atoms with E-state index in [-0.39, 0.29) is 17.2 Å². The lowest BCUT2D eigenvalue weighted by molar-refractivity contribution is 0.286. The Labute approximate surface area is 118 Å². The topological polar surface area (TPSA) is 72.2 Å². The number of nitrogens with one attached hydrogen (secondary N) is 1. The lowest BCUT2D eigenvalue weighted by Gasteiger charge is -2.32. The summed E-state index contributed by atoms with van der Waals surface area (Å²) < 4.78 is 27.4. The highest BCUT2D eigenvalue weighted by molar-refractivity contribution is 7.89. The number of hydrogen-bond donors (Lipinski definition) is 2. The minimum Gasteiger partial charge on any atom is -0.330 e. The SMILES string of the molecule is CC(C)(C)C(CCN)NS(=O)(=O)CC1CCCCC1. The van der Waals surface area contributed by atoms with Crippen molar-refractivity contribution in [1.82, 2.24) is 4.72 Å². The highest BCUT2D eigenvalue weighted by Crippen LogP contribution is 2.26. The van der Waals surface area contributed by atoms with Gasteiger partial charge in [-0.05, 0) is 37.1 Å². The fourth-order valence-corrected chi connectivity index (χ4v) is 4.72. The lowest BCUT2D eigenvalue weighted by Crippen LogP contribution is -2.46. The zero-order chi connectivity index (χ0) is 14.5. The van der Waals surface area contributed by atoms with Gasteiger partial charge in [-0.2, -0.15) is 0 Å². The first-order valence-corrected chi connectivity index (χ1v) is 9.10. The van der Waals surface area contributed by atoms with Gasteiger partial charge in [0, 0.05) is 6.04 Å². The van der Waals surface area contributed by atoms with Crippen molar-refractivity contribution >= 4 is 10.0 Å². The molecule has 1 atom stereocenters. The van der Waals surface area contributed by atoms with Gasteiger partial charge in [-0.3, -0.25) is 0 Å². The molecule has 1 saturated carbocycles. The van der Waals surface area contributed by atoms with Crippen molar-refractivity contribution in [2.24, 2.45) is 17.1 Å². The fourth-order valence-electron chi connectivity index (χ4n) is 2.76. The van der Waals surface area contributed by atoms with Crippen LogP contribution in [0.1, 0.15) is 59.3 Å². The molecule has 1 aliphatic rings. The molecule has 0 radical (unpaired) electrons. The van der Waals surface area contributed by atoms with Crippen LogP contribution in [0, 0.1) is 11.3 Å². The van der Waals surface area contributed by atoms with Crippen LogP contribution in [0.2, 0.25) is 0 Å². The molecule has 0 heterocycles. The monoisotopic (exact) mass is 290 g/mol. The van der Waals surface area contributed by atoms with Crippen LogP contribution in [0.5, 0.6) is 0 Å². The Morgan fingerprint density at radius 1 is 1.21 bits per heavy atom. The summed E-state index contributed by atoms with van der Waals surface area (Å²) in [6.07, 6.45) is 6.39. The third-order valence-electron chi connectivity index (χ3n) is 4.00. The third-order valence-corrected chi connectivity index (χ3v) is 5.56. The molecule has 0 aromatic heterocycles. The first-order valence-electron chi connectivity index (χ1n) is 7.44. The van der Waals surface area contributed by atoms with E-state index in [1.54, 1.807) is 0 Å². The maximum atomic E-state index is 12.3. The van der Waals surface area contributed by atoms with Crippen LogP contribution in [0.15, 0.2) is 0 Å². The summed E-state index contributed by atoms with van der Waals surface area (Å²) in [6, 6.07) is -0.0777. The van der Waals surface area contributed by atoms with Crippen LogP contribution in [-0.2, 0) is 10.0 Å². The molecular weight excluding hydrogens is 260 g/mol. The van der Waals surface area contributed by atoms with Gasteiger partial charge in [-0.1, -0.05) is 40.0 Å². The van der Waals surface area contributed by atoms with Crippen LogP contribution < -0.4 is 10.5 Å². The van der Waals surface area contributed by atoms with Gasteiger partial charge in [-0.15, -0.1) is 0 Å². The second-order valence-corrected chi connectivity index (χ2v) is 8.70. The molecule has 0 spiro atoms. The van der Waals surface area contributed by atoms with Gasteiger partial charge in [0.2, 0.25) is 10.0 Å². The molecule has 1 unspecified atom stereocenters. The quantitative estimate of drug-likeness (QED) is 0.788. The van der Waals surface area contributed by atoms with Crippen molar-refractivity contribution in [3.63, 3.8) is 0 Å². The van der Waals surface area contributed by atoms with Crippen LogP contribution in [0.25, 0.3) is 0 Å². The second-order valence-electron chi connectivity index (χ2n) is 6.90. The van der Waals surface area contributed by atoms with Gasteiger partial charge in [0.15, 0.2) is 0 Å². The molecule has 4 nitrogen and oxygen atoms in total. The van der Waals surface area contributed by atoms with Crippen LogP contribution in [0.3, 0.4) is 0 Å². The van der Waals surface area contributed by atoms with Gasteiger partial charge in [0.25, 0.3) is 0 Å². The van der Waals surface area contributed by atoms with Crippen LogP contribution in [0.4, 0.5) is 0 Å². The minimum absolute atomic E-state index is 0.0777. The molecule has 0 aromatic rings. The Morgan fingerprint density at radius 2 is 1.79 bits per heavy atom. The molecule has 1 rings (SSSR count). The molecular formula is C14H30N2O2S. The van der Waals surface area contributed by atoms with Crippen molar-refractivity contribution in [3.05, 3.63) is 0 Å². The highest BCUT2D eigenvalue weighted by atomic mass is 32.2. The number of hydrogen-bond acceptors (Lipinski definition) is 3. The first kappa shape index (κ1) is 16.9. The van der Waals surface area contributed by atoms with Crippen molar-refractivity contribution in [2.75, 3.05) is 12.3 Å². The highest BCUT2D eigenvalue weighted by Gasteiger charge is 2.29. The van der Waals surface area contributed by atoms with Crippen molar-refractivity contribution in [3.8, 4) is 0 Å². The molecule has 0 amide bonds. The molecule has 0 saturated heterocycles. The van der Waals surface area contributed by atoms with Gasteiger partial charge < -0.3 is 5.73 Å². The molecule has 5 heteroatoms. The molecule has 3 N–H and O–H groups in total. The molecule has 114 valence electrons. The zero-order valence-electron chi connectivity index (χ0n) is 12.6. The van der Waals surface area contributed by atoms with Crippen molar-refractivity contribution in [2.45, 2.75) is 65.3 Å². The van der Waals surface area contributed by atoms with Gasteiger partial charge in [0.05, 0.1) is 5.75 Å². The van der Waals surface area contributed by atoms with Crippen molar-refractivity contribution < 1.29 is 8.42 Å².